The second kappa shape index (κ2) is 8.22. The van der Waals surface area contributed by atoms with Crippen LogP contribution in [0.5, 0.6) is 0 Å². The largest absolute Gasteiger partial charge is 0.417 e. The van der Waals surface area contributed by atoms with Crippen LogP contribution in [0.2, 0.25) is 15.1 Å². The topological polar surface area (TPSA) is 76.1 Å². The SMILES string of the molecule is O=C(NCCS(=O)(=O)c1ncc(C(F)(F)F)cc1Cl)c1c(Cl)cccc1Cl. The Morgan fingerprint density at radius 1 is 1.11 bits per heavy atom. The van der Waals surface area contributed by atoms with Gasteiger partial charge in [0.2, 0.25) is 0 Å². The highest BCUT2D eigenvalue weighted by Crippen LogP contribution is 2.32. The van der Waals surface area contributed by atoms with E-state index < -0.39 is 43.3 Å². The fourth-order valence-corrected chi connectivity index (χ4v) is 4.23. The molecular weight excluding hydrogens is 452 g/mol. The van der Waals surface area contributed by atoms with Crippen LogP contribution in [-0.2, 0) is 16.0 Å². The molecule has 0 radical (unpaired) electrons. The smallest absolute Gasteiger partial charge is 0.351 e. The first kappa shape index (κ1) is 21.7. The molecule has 1 aromatic heterocycles. The lowest BCUT2D eigenvalue weighted by Crippen LogP contribution is -2.30. The Bertz CT molecular complexity index is 962. The number of carbonyl (C=O) groups is 1. The van der Waals surface area contributed by atoms with E-state index in [1.165, 1.54) is 18.2 Å². The Balaban J connectivity index is 2.10. The molecule has 0 aliphatic heterocycles. The molecule has 1 N–H and O–H groups in total. The minimum Gasteiger partial charge on any atom is -0.351 e. The van der Waals surface area contributed by atoms with Crippen molar-refractivity contribution in [3.8, 4) is 0 Å². The lowest BCUT2D eigenvalue weighted by Gasteiger charge is -2.11. The summed E-state index contributed by atoms with van der Waals surface area (Å²) in [5, 5.41) is 1.11. The van der Waals surface area contributed by atoms with Gasteiger partial charge in [0.25, 0.3) is 5.91 Å². The van der Waals surface area contributed by atoms with E-state index >= 15 is 0 Å². The summed E-state index contributed by atoms with van der Waals surface area (Å²) in [5.74, 6) is -1.34. The van der Waals surface area contributed by atoms with Crippen molar-refractivity contribution >= 4 is 50.5 Å². The average Bonchev–Trinajstić information content (AvgIpc) is 2.53. The minimum absolute atomic E-state index is 0.0241. The maximum Gasteiger partial charge on any atom is 0.417 e. The zero-order valence-electron chi connectivity index (χ0n) is 13.1. The maximum atomic E-state index is 12.6. The molecule has 0 saturated carbocycles. The van der Waals surface area contributed by atoms with E-state index in [0.717, 1.165) is 0 Å². The van der Waals surface area contributed by atoms with Crippen molar-refractivity contribution in [2.24, 2.45) is 0 Å². The Labute approximate surface area is 167 Å². The molecule has 0 aliphatic carbocycles. The molecule has 1 heterocycles. The van der Waals surface area contributed by atoms with Gasteiger partial charge in [-0.25, -0.2) is 13.4 Å². The van der Waals surface area contributed by atoms with E-state index in [2.05, 4.69) is 10.3 Å². The van der Waals surface area contributed by atoms with E-state index in [1.54, 1.807) is 0 Å². The van der Waals surface area contributed by atoms with E-state index in [1.807, 2.05) is 0 Å². The van der Waals surface area contributed by atoms with E-state index in [0.29, 0.717) is 12.3 Å². The van der Waals surface area contributed by atoms with E-state index in [4.69, 9.17) is 34.8 Å². The van der Waals surface area contributed by atoms with Gasteiger partial charge in [0, 0.05) is 12.7 Å². The van der Waals surface area contributed by atoms with Gasteiger partial charge >= 0.3 is 6.18 Å². The summed E-state index contributed by atoms with van der Waals surface area (Å²) in [5.41, 5.74) is -1.20. The van der Waals surface area contributed by atoms with Crippen LogP contribution in [0.15, 0.2) is 35.5 Å². The average molecular weight is 462 g/mol. The van der Waals surface area contributed by atoms with Crippen LogP contribution in [0.4, 0.5) is 13.2 Å². The van der Waals surface area contributed by atoms with Gasteiger partial charge in [-0.3, -0.25) is 4.79 Å². The summed E-state index contributed by atoms with van der Waals surface area (Å²) in [6.45, 7) is -0.359. The molecule has 0 spiro atoms. The van der Waals surface area contributed by atoms with Gasteiger partial charge in [0.15, 0.2) is 14.9 Å². The van der Waals surface area contributed by atoms with Crippen molar-refractivity contribution in [1.82, 2.24) is 10.3 Å². The van der Waals surface area contributed by atoms with Crippen molar-refractivity contribution in [3.63, 3.8) is 0 Å². The first-order valence-corrected chi connectivity index (χ1v) is 9.90. The number of nitrogens with zero attached hydrogens (tertiary/aromatic N) is 1. The van der Waals surface area contributed by atoms with Crippen molar-refractivity contribution in [1.29, 1.82) is 0 Å². The molecule has 146 valence electrons. The van der Waals surface area contributed by atoms with Gasteiger partial charge in [-0.1, -0.05) is 40.9 Å². The molecule has 27 heavy (non-hydrogen) atoms. The van der Waals surface area contributed by atoms with Crippen LogP contribution in [0.1, 0.15) is 15.9 Å². The second-order valence-electron chi connectivity index (χ2n) is 5.18. The van der Waals surface area contributed by atoms with Crippen molar-refractivity contribution < 1.29 is 26.4 Å². The fraction of sp³-hybridized carbons (Fsp3) is 0.200. The molecular formula is C15H10Cl3F3N2O3S. The van der Waals surface area contributed by atoms with Gasteiger partial charge in [0.05, 0.1) is 31.9 Å². The number of alkyl halides is 3. The number of sulfone groups is 1. The number of nitrogens with one attached hydrogen (secondary N) is 1. The summed E-state index contributed by atoms with van der Waals surface area (Å²) in [6, 6.07) is 4.88. The first-order valence-electron chi connectivity index (χ1n) is 7.11. The molecule has 0 unspecified atom stereocenters. The molecule has 0 aliphatic rings. The van der Waals surface area contributed by atoms with Gasteiger partial charge < -0.3 is 5.32 Å². The number of hydrogen-bond donors (Lipinski definition) is 1. The van der Waals surface area contributed by atoms with Crippen molar-refractivity contribution in [3.05, 3.63) is 56.7 Å². The zero-order valence-corrected chi connectivity index (χ0v) is 16.2. The highest BCUT2D eigenvalue weighted by molar-refractivity contribution is 7.91. The Kier molecular flexibility index (Phi) is 6.62. The summed E-state index contributed by atoms with van der Waals surface area (Å²) in [7, 11) is -4.14. The Morgan fingerprint density at radius 2 is 1.70 bits per heavy atom. The fourth-order valence-electron chi connectivity index (χ4n) is 2.01. The highest BCUT2D eigenvalue weighted by atomic mass is 35.5. The number of pyridine rings is 1. The molecule has 0 bridgehead atoms. The predicted molar refractivity (Wildman–Crippen MR) is 95.1 cm³/mol. The molecule has 2 aromatic rings. The van der Waals surface area contributed by atoms with Gasteiger partial charge in [-0.2, -0.15) is 13.2 Å². The lowest BCUT2D eigenvalue weighted by molar-refractivity contribution is -0.137. The van der Waals surface area contributed by atoms with Crippen LogP contribution in [0.25, 0.3) is 0 Å². The number of aromatic nitrogens is 1. The number of rotatable bonds is 5. The summed E-state index contributed by atoms with van der Waals surface area (Å²) in [6.07, 6.45) is -4.33. The number of benzene rings is 1. The normalized spacial score (nSPS) is 12.1. The monoisotopic (exact) mass is 460 g/mol. The van der Waals surface area contributed by atoms with Crippen LogP contribution < -0.4 is 5.32 Å². The third-order valence-corrected chi connectivity index (χ3v) is 5.96. The molecule has 1 amide bonds. The number of halogens is 6. The third-order valence-electron chi connectivity index (χ3n) is 3.28. The number of hydrogen-bond acceptors (Lipinski definition) is 4. The van der Waals surface area contributed by atoms with Crippen molar-refractivity contribution in [2.75, 3.05) is 12.3 Å². The molecule has 0 fully saturated rings. The van der Waals surface area contributed by atoms with Crippen LogP contribution in [0.3, 0.4) is 0 Å². The van der Waals surface area contributed by atoms with Crippen LogP contribution in [0, 0.1) is 0 Å². The minimum atomic E-state index is -4.71. The lowest BCUT2D eigenvalue weighted by atomic mass is 10.2. The first-order chi connectivity index (χ1) is 12.4. The van der Waals surface area contributed by atoms with Gasteiger partial charge in [-0.05, 0) is 18.2 Å². The summed E-state index contributed by atoms with van der Waals surface area (Å²) in [4.78, 5) is 15.4. The summed E-state index contributed by atoms with van der Waals surface area (Å²) >= 11 is 17.4. The molecule has 12 heteroatoms. The third kappa shape index (κ3) is 5.25. The van der Waals surface area contributed by atoms with Crippen LogP contribution >= 0.6 is 34.8 Å². The number of amides is 1. The molecule has 1 aromatic carbocycles. The van der Waals surface area contributed by atoms with E-state index in [-0.39, 0.29) is 22.2 Å². The summed E-state index contributed by atoms with van der Waals surface area (Å²) < 4.78 is 62.3. The molecule has 2 rings (SSSR count). The Hall–Kier alpha value is -1.55. The van der Waals surface area contributed by atoms with Crippen molar-refractivity contribution in [2.45, 2.75) is 11.2 Å². The zero-order chi connectivity index (χ0) is 20.4. The van der Waals surface area contributed by atoms with Gasteiger partial charge in [0.1, 0.15) is 0 Å². The molecule has 0 atom stereocenters. The Morgan fingerprint density at radius 3 is 2.22 bits per heavy atom. The second-order valence-corrected chi connectivity index (χ2v) is 8.43. The quantitative estimate of drug-likeness (QED) is 0.722. The van der Waals surface area contributed by atoms with Gasteiger partial charge in [-0.15, -0.1) is 0 Å². The molecule has 5 nitrogen and oxygen atoms in total. The molecule has 0 saturated heterocycles. The standard InChI is InChI=1S/C15H10Cl3F3N2O3S/c16-9-2-1-3-10(17)12(9)13(24)22-4-5-27(25,26)14-11(18)6-8(7-23-14)15(19,20)21/h1-3,6-7H,4-5H2,(H,22,24). The number of carbonyl (C=O) groups excluding carboxylic acids is 1. The maximum absolute atomic E-state index is 12.6. The van der Waals surface area contributed by atoms with Crippen LogP contribution in [-0.4, -0.2) is 31.6 Å². The predicted octanol–water partition coefficient (Wildman–Crippen LogP) is 4.26. The van der Waals surface area contributed by atoms with E-state index in [9.17, 15) is 26.4 Å². The highest BCUT2D eigenvalue weighted by Gasteiger charge is 2.33.